The quantitative estimate of drug-likeness (QED) is 0.245. The molecule has 0 bridgehead atoms. The second-order valence-corrected chi connectivity index (χ2v) is 2.07. The van der Waals surface area contributed by atoms with Crippen molar-refractivity contribution in [2.45, 2.75) is 10.2 Å². The van der Waals surface area contributed by atoms with Crippen LogP contribution in [-0.2, 0) is 0 Å². The van der Waals surface area contributed by atoms with Gasteiger partial charge in [-0.15, -0.1) is 25.3 Å². The van der Waals surface area contributed by atoms with Gasteiger partial charge in [0.25, 0.3) is 0 Å². The van der Waals surface area contributed by atoms with Crippen molar-refractivity contribution in [2.24, 2.45) is 0 Å². The van der Waals surface area contributed by atoms with E-state index in [0.29, 0.717) is 10.2 Å². The first-order valence-electron chi connectivity index (χ1n) is 2.00. The number of hydrogen-bond donors (Lipinski definition) is 2. The van der Waals surface area contributed by atoms with Crippen LogP contribution in [0.2, 0.25) is 0 Å². The Balaban J connectivity index is 0. The SMILES string of the molecule is Sc1ccnc(S)n1.[Li].[Li]. The Kier molecular flexibility index (Phi) is 9.04. The minimum atomic E-state index is 0. The zero-order valence-corrected chi connectivity index (χ0v) is 7.73. The molecular formula is C4H4Li2N2S2. The topological polar surface area (TPSA) is 25.8 Å². The predicted molar refractivity (Wildman–Crippen MR) is 48.0 cm³/mol. The van der Waals surface area contributed by atoms with Gasteiger partial charge in [0.2, 0.25) is 0 Å². The Labute approximate surface area is 94.8 Å². The molecule has 1 aromatic heterocycles. The largest absolute Gasteiger partial charge is 0.231 e. The average Bonchev–Trinajstić information content (AvgIpc) is 1.64. The molecule has 1 heterocycles. The first-order valence-corrected chi connectivity index (χ1v) is 2.89. The second-order valence-electron chi connectivity index (χ2n) is 1.21. The van der Waals surface area contributed by atoms with Crippen LogP contribution in [-0.4, -0.2) is 47.7 Å². The fourth-order valence-electron chi connectivity index (χ4n) is 0.339. The molecule has 1 aromatic rings. The molecule has 44 valence electrons. The van der Waals surface area contributed by atoms with Gasteiger partial charge in [-0.1, -0.05) is 0 Å². The molecule has 0 aliphatic heterocycles. The fraction of sp³-hybridized carbons (Fsp3) is 0. The number of hydrogen-bond acceptors (Lipinski definition) is 4. The summed E-state index contributed by atoms with van der Waals surface area (Å²) in [5, 5.41) is 1.10. The van der Waals surface area contributed by atoms with Crippen LogP contribution < -0.4 is 0 Å². The molecule has 6 heteroatoms. The maximum Gasteiger partial charge on any atom is 0.185 e. The summed E-state index contributed by atoms with van der Waals surface area (Å²) in [4.78, 5) is 7.54. The van der Waals surface area contributed by atoms with Crippen molar-refractivity contribution in [3.8, 4) is 0 Å². The molecule has 0 N–H and O–H groups in total. The molecular weight excluding hydrogens is 154 g/mol. The van der Waals surface area contributed by atoms with Crippen molar-refractivity contribution in [1.82, 2.24) is 9.97 Å². The van der Waals surface area contributed by atoms with Gasteiger partial charge in [-0.2, -0.15) is 0 Å². The van der Waals surface area contributed by atoms with E-state index in [0.717, 1.165) is 0 Å². The zero-order chi connectivity index (χ0) is 5.98. The minimum Gasteiger partial charge on any atom is -0.231 e. The van der Waals surface area contributed by atoms with E-state index in [2.05, 4.69) is 35.2 Å². The third kappa shape index (κ3) is 4.74. The molecule has 0 amide bonds. The molecule has 0 aliphatic carbocycles. The van der Waals surface area contributed by atoms with E-state index in [1.165, 1.54) is 0 Å². The zero-order valence-electron chi connectivity index (χ0n) is 5.94. The van der Waals surface area contributed by atoms with Crippen molar-refractivity contribution in [2.75, 3.05) is 0 Å². The third-order valence-electron chi connectivity index (χ3n) is 0.628. The Bertz CT molecular complexity index is 179. The van der Waals surface area contributed by atoms with Gasteiger partial charge in [-0.05, 0) is 6.07 Å². The van der Waals surface area contributed by atoms with Crippen molar-refractivity contribution >= 4 is 63.0 Å². The van der Waals surface area contributed by atoms with Gasteiger partial charge in [0, 0.05) is 43.9 Å². The number of nitrogens with zero attached hydrogens (tertiary/aromatic N) is 2. The number of rotatable bonds is 0. The average molecular weight is 158 g/mol. The standard InChI is InChI=1S/C4H4N2S2.2Li/c7-3-1-2-5-4(8)6-3;;/h1-2H,(H2,5,6,7,8);;. The van der Waals surface area contributed by atoms with Gasteiger partial charge < -0.3 is 0 Å². The molecule has 0 saturated carbocycles. The number of aromatic nitrogens is 2. The van der Waals surface area contributed by atoms with Crippen LogP contribution in [0, 0.1) is 0 Å². The smallest absolute Gasteiger partial charge is 0.185 e. The monoisotopic (exact) mass is 158 g/mol. The second kappa shape index (κ2) is 6.67. The van der Waals surface area contributed by atoms with Crippen molar-refractivity contribution in [1.29, 1.82) is 0 Å². The summed E-state index contributed by atoms with van der Waals surface area (Å²) in [7, 11) is 0. The summed E-state index contributed by atoms with van der Waals surface area (Å²) in [6.07, 6.45) is 1.61. The van der Waals surface area contributed by atoms with E-state index in [-0.39, 0.29) is 37.7 Å². The Morgan fingerprint density at radius 3 is 2.10 bits per heavy atom. The summed E-state index contributed by atoms with van der Waals surface area (Å²) in [5.74, 6) is 0. The Morgan fingerprint density at radius 2 is 1.80 bits per heavy atom. The van der Waals surface area contributed by atoms with E-state index < -0.39 is 0 Å². The van der Waals surface area contributed by atoms with Crippen molar-refractivity contribution < 1.29 is 0 Å². The summed E-state index contributed by atoms with van der Waals surface area (Å²) in [5.41, 5.74) is 0. The third-order valence-corrected chi connectivity index (χ3v) is 1.09. The summed E-state index contributed by atoms with van der Waals surface area (Å²) < 4.78 is 0. The van der Waals surface area contributed by atoms with Crippen LogP contribution in [0.25, 0.3) is 0 Å². The molecule has 1 rings (SSSR count). The molecule has 2 radical (unpaired) electrons. The van der Waals surface area contributed by atoms with Gasteiger partial charge in [0.1, 0.15) is 0 Å². The predicted octanol–water partition coefficient (Wildman–Crippen LogP) is 0.292. The van der Waals surface area contributed by atoms with Crippen LogP contribution in [0.15, 0.2) is 22.4 Å². The summed E-state index contributed by atoms with van der Waals surface area (Å²) >= 11 is 7.84. The first kappa shape index (κ1) is 13.6. The molecule has 0 unspecified atom stereocenters. The Hall–Kier alpha value is 0.975. The van der Waals surface area contributed by atoms with Gasteiger partial charge >= 0.3 is 0 Å². The molecule has 0 atom stereocenters. The van der Waals surface area contributed by atoms with E-state index in [4.69, 9.17) is 0 Å². The molecule has 2 nitrogen and oxygen atoms in total. The van der Waals surface area contributed by atoms with Crippen LogP contribution in [0.3, 0.4) is 0 Å². The van der Waals surface area contributed by atoms with Gasteiger partial charge in [-0.25, -0.2) is 9.97 Å². The fourth-order valence-corrected chi connectivity index (χ4v) is 0.754. The van der Waals surface area contributed by atoms with Crippen LogP contribution in [0.5, 0.6) is 0 Å². The van der Waals surface area contributed by atoms with Crippen molar-refractivity contribution in [3.05, 3.63) is 12.3 Å². The first-order chi connectivity index (χ1) is 3.79. The maximum absolute atomic E-state index is 3.95. The Morgan fingerprint density at radius 1 is 1.20 bits per heavy atom. The summed E-state index contributed by atoms with van der Waals surface area (Å²) in [6, 6.07) is 1.70. The van der Waals surface area contributed by atoms with Crippen LogP contribution >= 0.6 is 25.3 Å². The van der Waals surface area contributed by atoms with Crippen LogP contribution in [0.4, 0.5) is 0 Å². The molecule has 0 spiro atoms. The van der Waals surface area contributed by atoms with Crippen molar-refractivity contribution in [3.63, 3.8) is 0 Å². The van der Waals surface area contributed by atoms with E-state index in [1.54, 1.807) is 12.3 Å². The molecule has 0 aliphatic rings. The van der Waals surface area contributed by atoms with Gasteiger partial charge in [-0.3, -0.25) is 0 Å². The van der Waals surface area contributed by atoms with E-state index in [9.17, 15) is 0 Å². The summed E-state index contributed by atoms with van der Waals surface area (Å²) in [6.45, 7) is 0. The van der Waals surface area contributed by atoms with Gasteiger partial charge in [0.05, 0.1) is 5.03 Å². The maximum atomic E-state index is 3.95. The molecule has 0 fully saturated rings. The van der Waals surface area contributed by atoms with E-state index >= 15 is 0 Å². The molecule has 0 aromatic carbocycles. The number of thiol groups is 2. The van der Waals surface area contributed by atoms with Gasteiger partial charge in [0.15, 0.2) is 5.16 Å². The minimum absolute atomic E-state index is 0. The van der Waals surface area contributed by atoms with E-state index in [1.807, 2.05) is 0 Å². The van der Waals surface area contributed by atoms with Crippen LogP contribution in [0.1, 0.15) is 0 Å². The molecule has 0 saturated heterocycles. The normalized spacial score (nSPS) is 7.40. The molecule has 10 heavy (non-hydrogen) atoms.